The molecule has 6 heteroatoms. The van der Waals surface area contributed by atoms with Gasteiger partial charge in [0, 0.05) is 15.7 Å². The maximum Gasteiger partial charge on any atom is 0.262 e. The van der Waals surface area contributed by atoms with E-state index in [-0.39, 0.29) is 18.4 Å². The predicted molar refractivity (Wildman–Crippen MR) is 82.7 cm³/mol. The Morgan fingerprint density at radius 1 is 1.24 bits per heavy atom. The molecule has 21 heavy (non-hydrogen) atoms. The maximum atomic E-state index is 12.2. The predicted octanol–water partition coefficient (Wildman–Crippen LogP) is 3.03. The van der Waals surface area contributed by atoms with Crippen molar-refractivity contribution >= 4 is 39.1 Å². The quantitative estimate of drug-likeness (QED) is 0.878. The summed E-state index contributed by atoms with van der Waals surface area (Å²) in [6, 6.07) is 12.2. The van der Waals surface area contributed by atoms with E-state index in [4.69, 9.17) is 4.74 Å². The highest BCUT2D eigenvalue weighted by Crippen LogP contribution is 2.28. The van der Waals surface area contributed by atoms with Gasteiger partial charge in [0.2, 0.25) is 0 Å². The Balaban J connectivity index is 1.81. The van der Waals surface area contributed by atoms with Crippen LogP contribution in [0.25, 0.3) is 0 Å². The molecule has 106 valence electrons. The number of rotatable bonds is 2. The summed E-state index contributed by atoms with van der Waals surface area (Å²) in [5.41, 5.74) is 1.73. The Morgan fingerprint density at radius 3 is 2.90 bits per heavy atom. The largest absolute Gasteiger partial charge is 0.482 e. The summed E-state index contributed by atoms with van der Waals surface area (Å²) in [7, 11) is 0. The summed E-state index contributed by atoms with van der Waals surface area (Å²) in [6.45, 7) is -0.0380. The van der Waals surface area contributed by atoms with E-state index in [9.17, 15) is 9.59 Å². The number of hydrogen-bond donors (Lipinski definition) is 2. The molecule has 1 aliphatic heterocycles. The zero-order chi connectivity index (χ0) is 14.8. The third-order valence-corrected chi connectivity index (χ3v) is 3.45. The summed E-state index contributed by atoms with van der Waals surface area (Å²) < 4.78 is 6.18. The molecule has 0 aliphatic carbocycles. The van der Waals surface area contributed by atoms with Crippen LogP contribution in [0.2, 0.25) is 0 Å². The Bertz CT molecular complexity index is 731. The molecule has 2 amide bonds. The first-order valence-corrected chi connectivity index (χ1v) is 7.05. The number of carbonyl (C=O) groups excluding carboxylic acids is 2. The summed E-state index contributed by atoms with van der Waals surface area (Å²) in [5.74, 6) is 0.0572. The fourth-order valence-corrected chi connectivity index (χ4v) is 2.38. The zero-order valence-electron chi connectivity index (χ0n) is 10.9. The van der Waals surface area contributed by atoms with Crippen LogP contribution in [0.1, 0.15) is 10.4 Å². The van der Waals surface area contributed by atoms with Gasteiger partial charge in [-0.05, 0) is 36.4 Å². The van der Waals surface area contributed by atoms with Gasteiger partial charge >= 0.3 is 0 Å². The zero-order valence-corrected chi connectivity index (χ0v) is 12.4. The van der Waals surface area contributed by atoms with Crippen LogP contribution in [0.4, 0.5) is 11.4 Å². The smallest absolute Gasteiger partial charge is 0.262 e. The van der Waals surface area contributed by atoms with Crippen molar-refractivity contribution in [3.05, 3.63) is 52.5 Å². The van der Waals surface area contributed by atoms with Crippen LogP contribution >= 0.6 is 15.9 Å². The first kappa shape index (κ1) is 13.6. The van der Waals surface area contributed by atoms with Crippen molar-refractivity contribution in [2.45, 2.75) is 0 Å². The van der Waals surface area contributed by atoms with Gasteiger partial charge in [0.05, 0.1) is 5.69 Å². The van der Waals surface area contributed by atoms with Crippen molar-refractivity contribution in [3.63, 3.8) is 0 Å². The van der Waals surface area contributed by atoms with E-state index >= 15 is 0 Å². The Kier molecular flexibility index (Phi) is 3.62. The van der Waals surface area contributed by atoms with E-state index in [1.54, 1.807) is 24.3 Å². The minimum Gasteiger partial charge on any atom is -0.482 e. The van der Waals surface area contributed by atoms with Crippen molar-refractivity contribution in [2.75, 3.05) is 17.2 Å². The molecule has 2 aromatic rings. The first-order valence-electron chi connectivity index (χ1n) is 6.25. The van der Waals surface area contributed by atoms with E-state index in [1.807, 2.05) is 18.2 Å². The van der Waals surface area contributed by atoms with Crippen LogP contribution < -0.4 is 15.4 Å². The number of nitrogens with one attached hydrogen (secondary N) is 2. The van der Waals surface area contributed by atoms with Crippen molar-refractivity contribution in [1.82, 2.24) is 0 Å². The summed E-state index contributed by atoms with van der Waals surface area (Å²) in [5, 5.41) is 5.48. The maximum absolute atomic E-state index is 12.2. The summed E-state index contributed by atoms with van der Waals surface area (Å²) in [6.07, 6.45) is 0. The second kappa shape index (κ2) is 5.57. The Morgan fingerprint density at radius 2 is 2.10 bits per heavy atom. The van der Waals surface area contributed by atoms with Crippen LogP contribution in [0, 0.1) is 0 Å². The summed E-state index contributed by atoms with van der Waals surface area (Å²) in [4.78, 5) is 23.4. The molecule has 0 saturated heterocycles. The second-order valence-corrected chi connectivity index (χ2v) is 5.43. The lowest BCUT2D eigenvalue weighted by atomic mass is 10.1. The van der Waals surface area contributed by atoms with Gasteiger partial charge in [-0.3, -0.25) is 9.59 Å². The molecule has 0 spiro atoms. The van der Waals surface area contributed by atoms with Crippen LogP contribution in [-0.4, -0.2) is 18.4 Å². The van der Waals surface area contributed by atoms with Crippen LogP contribution in [0.15, 0.2) is 46.9 Å². The van der Waals surface area contributed by atoms with Crippen LogP contribution in [0.5, 0.6) is 5.75 Å². The Hall–Kier alpha value is -2.34. The number of hydrogen-bond acceptors (Lipinski definition) is 3. The molecule has 2 aromatic carbocycles. The number of anilines is 2. The molecule has 0 aromatic heterocycles. The van der Waals surface area contributed by atoms with Crippen molar-refractivity contribution in [2.24, 2.45) is 0 Å². The van der Waals surface area contributed by atoms with Gasteiger partial charge in [0.15, 0.2) is 6.61 Å². The monoisotopic (exact) mass is 346 g/mol. The van der Waals surface area contributed by atoms with E-state index < -0.39 is 0 Å². The number of carbonyl (C=O) groups is 2. The molecule has 0 bridgehead atoms. The lowest BCUT2D eigenvalue weighted by Gasteiger charge is -2.18. The molecular formula is C15H11BrN2O3. The number of fused-ring (bicyclic) bond motifs is 1. The highest BCUT2D eigenvalue weighted by Gasteiger charge is 2.17. The molecule has 1 heterocycles. The highest BCUT2D eigenvalue weighted by atomic mass is 79.9. The first-order chi connectivity index (χ1) is 10.1. The van der Waals surface area contributed by atoms with Gasteiger partial charge in [-0.1, -0.05) is 22.0 Å². The van der Waals surface area contributed by atoms with Crippen LogP contribution in [-0.2, 0) is 4.79 Å². The standard InChI is InChI=1S/C15H11BrN2O3/c16-10-2-1-3-11(7-10)17-15(20)9-4-5-12-13(6-9)21-8-14(19)18-12/h1-7H,8H2,(H,17,20)(H,18,19). The molecule has 0 unspecified atom stereocenters. The Labute approximate surface area is 129 Å². The average molecular weight is 347 g/mol. The van der Waals surface area contributed by atoms with E-state index in [0.29, 0.717) is 22.7 Å². The molecule has 0 radical (unpaired) electrons. The van der Waals surface area contributed by atoms with Crippen molar-refractivity contribution in [1.29, 1.82) is 0 Å². The van der Waals surface area contributed by atoms with E-state index in [2.05, 4.69) is 26.6 Å². The van der Waals surface area contributed by atoms with Gasteiger partial charge in [0.25, 0.3) is 11.8 Å². The third kappa shape index (κ3) is 3.05. The van der Waals surface area contributed by atoms with Crippen molar-refractivity contribution < 1.29 is 14.3 Å². The molecule has 0 saturated carbocycles. The lowest BCUT2D eigenvalue weighted by Crippen LogP contribution is -2.25. The molecule has 0 atom stereocenters. The lowest BCUT2D eigenvalue weighted by molar-refractivity contribution is -0.118. The normalized spacial score (nSPS) is 12.9. The fourth-order valence-electron chi connectivity index (χ4n) is 1.99. The number of ether oxygens (including phenoxy) is 1. The molecule has 0 fully saturated rings. The molecule has 5 nitrogen and oxygen atoms in total. The number of halogens is 1. The van der Waals surface area contributed by atoms with E-state index in [0.717, 1.165) is 4.47 Å². The minimum atomic E-state index is -0.239. The fraction of sp³-hybridized carbons (Fsp3) is 0.0667. The SMILES string of the molecule is O=C1COc2cc(C(=O)Nc3cccc(Br)c3)ccc2N1. The van der Waals surface area contributed by atoms with Gasteiger partial charge < -0.3 is 15.4 Å². The minimum absolute atomic E-state index is 0.0380. The highest BCUT2D eigenvalue weighted by molar-refractivity contribution is 9.10. The topological polar surface area (TPSA) is 67.4 Å². The van der Waals surface area contributed by atoms with Gasteiger partial charge in [-0.2, -0.15) is 0 Å². The van der Waals surface area contributed by atoms with Gasteiger partial charge in [0.1, 0.15) is 5.75 Å². The number of amides is 2. The molecule has 3 rings (SSSR count). The summed E-state index contributed by atoms with van der Waals surface area (Å²) >= 11 is 3.35. The van der Waals surface area contributed by atoms with Crippen LogP contribution in [0.3, 0.4) is 0 Å². The molecule has 1 aliphatic rings. The average Bonchev–Trinajstić information content (AvgIpc) is 2.46. The second-order valence-electron chi connectivity index (χ2n) is 4.51. The molecule has 2 N–H and O–H groups in total. The van der Waals surface area contributed by atoms with Gasteiger partial charge in [-0.25, -0.2) is 0 Å². The number of benzene rings is 2. The van der Waals surface area contributed by atoms with Gasteiger partial charge in [-0.15, -0.1) is 0 Å². The van der Waals surface area contributed by atoms with Crippen molar-refractivity contribution in [3.8, 4) is 5.75 Å². The van der Waals surface area contributed by atoms with E-state index in [1.165, 1.54) is 0 Å². The third-order valence-electron chi connectivity index (χ3n) is 2.96. The molecular weight excluding hydrogens is 336 g/mol.